The first kappa shape index (κ1) is 17.4. The number of benzene rings is 1. The van der Waals surface area contributed by atoms with Crippen LogP contribution in [-0.4, -0.2) is 25.8 Å². The summed E-state index contributed by atoms with van der Waals surface area (Å²) in [6, 6.07) is 4.20. The molecular formula is C16H23FO4. The van der Waals surface area contributed by atoms with Crippen LogP contribution in [0.4, 0.5) is 4.39 Å². The summed E-state index contributed by atoms with van der Waals surface area (Å²) in [7, 11) is 1.51. The number of halogens is 1. The third kappa shape index (κ3) is 5.71. The van der Waals surface area contributed by atoms with Crippen molar-refractivity contribution in [2.75, 3.05) is 13.7 Å². The number of hydrogen-bond donors (Lipinski definition) is 0. The van der Waals surface area contributed by atoms with E-state index >= 15 is 0 Å². The van der Waals surface area contributed by atoms with Crippen molar-refractivity contribution < 1.29 is 23.4 Å². The molecule has 0 unspecified atom stereocenters. The van der Waals surface area contributed by atoms with Gasteiger partial charge in [0.15, 0.2) is 0 Å². The van der Waals surface area contributed by atoms with Crippen LogP contribution in [0.5, 0.6) is 5.75 Å². The maximum atomic E-state index is 13.5. The number of ether oxygens (including phenoxy) is 3. The zero-order valence-electron chi connectivity index (χ0n) is 13.0. The van der Waals surface area contributed by atoms with Gasteiger partial charge in [-0.05, 0) is 38.5 Å². The predicted octanol–water partition coefficient (Wildman–Crippen LogP) is 3.64. The van der Waals surface area contributed by atoms with Crippen LogP contribution in [0.1, 0.15) is 45.3 Å². The number of methoxy groups -OCH3 is 1. The van der Waals surface area contributed by atoms with Crippen molar-refractivity contribution in [3.8, 4) is 5.75 Å². The van der Waals surface area contributed by atoms with E-state index in [2.05, 4.69) is 0 Å². The van der Waals surface area contributed by atoms with Crippen LogP contribution < -0.4 is 4.74 Å². The Morgan fingerprint density at radius 3 is 2.62 bits per heavy atom. The fourth-order valence-corrected chi connectivity index (χ4v) is 1.93. The van der Waals surface area contributed by atoms with E-state index in [-0.39, 0.29) is 24.5 Å². The molecule has 0 saturated heterocycles. The van der Waals surface area contributed by atoms with Gasteiger partial charge in [-0.3, -0.25) is 4.79 Å². The largest absolute Gasteiger partial charge is 0.496 e. The van der Waals surface area contributed by atoms with Gasteiger partial charge < -0.3 is 14.2 Å². The molecule has 0 radical (unpaired) electrons. The van der Waals surface area contributed by atoms with Crippen molar-refractivity contribution in [3.05, 3.63) is 29.6 Å². The van der Waals surface area contributed by atoms with Crippen molar-refractivity contribution in [1.29, 1.82) is 0 Å². The number of rotatable bonds is 8. The summed E-state index contributed by atoms with van der Waals surface area (Å²) in [4.78, 5) is 11.5. The topological polar surface area (TPSA) is 44.8 Å². The lowest BCUT2D eigenvalue weighted by molar-refractivity contribution is -0.149. The highest BCUT2D eigenvalue weighted by atomic mass is 19.1. The van der Waals surface area contributed by atoms with Gasteiger partial charge in [-0.2, -0.15) is 0 Å². The molecule has 0 aliphatic carbocycles. The first-order valence-corrected chi connectivity index (χ1v) is 7.12. The molecule has 0 aliphatic heterocycles. The van der Waals surface area contributed by atoms with Crippen LogP contribution in [-0.2, 0) is 14.3 Å². The lowest BCUT2D eigenvalue weighted by atomic mass is 10.1. The summed E-state index contributed by atoms with van der Waals surface area (Å²) in [6.45, 7) is 5.68. The Labute approximate surface area is 125 Å². The summed E-state index contributed by atoms with van der Waals surface area (Å²) in [5, 5.41) is 0. The zero-order valence-corrected chi connectivity index (χ0v) is 13.0. The zero-order chi connectivity index (χ0) is 15.8. The van der Waals surface area contributed by atoms with Gasteiger partial charge in [0.05, 0.1) is 13.2 Å². The second-order valence-corrected chi connectivity index (χ2v) is 4.99. The number of carbonyl (C=O) groups excluding carboxylic acids is 1. The highest BCUT2D eigenvalue weighted by Crippen LogP contribution is 2.29. The molecule has 1 rings (SSSR count). The molecule has 4 nitrogen and oxygen atoms in total. The Morgan fingerprint density at radius 1 is 1.33 bits per heavy atom. The van der Waals surface area contributed by atoms with E-state index in [9.17, 15) is 9.18 Å². The molecule has 0 bridgehead atoms. The number of esters is 1. The molecule has 5 heteroatoms. The fraction of sp³-hybridized carbons (Fsp3) is 0.562. The summed E-state index contributed by atoms with van der Waals surface area (Å²) in [6.07, 6.45) is 0.427. The molecule has 1 aromatic rings. The van der Waals surface area contributed by atoms with Gasteiger partial charge in [0, 0.05) is 12.0 Å². The minimum atomic E-state index is -0.559. The Kier molecular flexibility index (Phi) is 7.15. The van der Waals surface area contributed by atoms with E-state index in [1.165, 1.54) is 25.3 Å². The highest BCUT2D eigenvalue weighted by molar-refractivity contribution is 5.69. The molecule has 1 aromatic carbocycles. The van der Waals surface area contributed by atoms with Crippen LogP contribution >= 0.6 is 0 Å². The first-order chi connectivity index (χ1) is 9.97. The molecule has 0 N–H and O–H groups in total. The molecule has 0 aliphatic rings. The third-order valence-corrected chi connectivity index (χ3v) is 2.82. The van der Waals surface area contributed by atoms with Gasteiger partial charge in [0.2, 0.25) is 0 Å². The SMILES string of the molecule is CCCC(=O)OC[C@H](OC(C)C)c1cc(F)ccc1OC. The van der Waals surface area contributed by atoms with Crippen molar-refractivity contribution >= 4 is 5.97 Å². The van der Waals surface area contributed by atoms with Gasteiger partial charge in [0.1, 0.15) is 24.3 Å². The Bertz CT molecular complexity index is 460. The average molecular weight is 298 g/mol. The molecule has 1 atom stereocenters. The summed E-state index contributed by atoms with van der Waals surface area (Å²) in [5.74, 6) is -0.165. The Morgan fingerprint density at radius 2 is 2.05 bits per heavy atom. The Balaban J connectivity index is 2.91. The summed E-state index contributed by atoms with van der Waals surface area (Å²) < 4.78 is 29.6. The van der Waals surface area contributed by atoms with Crippen LogP contribution in [0.25, 0.3) is 0 Å². The van der Waals surface area contributed by atoms with E-state index in [0.717, 1.165) is 6.42 Å². The molecule has 0 spiro atoms. The van der Waals surface area contributed by atoms with Crippen LogP contribution in [0.2, 0.25) is 0 Å². The maximum absolute atomic E-state index is 13.5. The van der Waals surface area contributed by atoms with Crippen LogP contribution in [0, 0.1) is 5.82 Å². The van der Waals surface area contributed by atoms with Gasteiger partial charge >= 0.3 is 5.97 Å². The predicted molar refractivity (Wildman–Crippen MR) is 77.8 cm³/mol. The lowest BCUT2D eigenvalue weighted by Gasteiger charge is -2.22. The van der Waals surface area contributed by atoms with Crippen molar-refractivity contribution in [1.82, 2.24) is 0 Å². The van der Waals surface area contributed by atoms with Crippen LogP contribution in [0.3, 0.4) is 0 Å². The van der Waals surface area contributed by atoms with Crippen molar-refractivity contribution in [2.24, 2.45) is 0 Å². The van der Waals surface area contributed by atoms with Gasteiger partial charge in [-0.25, -0.2) is 4.39 Å². The minimum absolute atomic E-state index is 0.0385. The molecule has 0 heterocycles. The first-order valence-electron chi connectivity index (χ1n) is 7.12. The third-order valence-electron chi connectivity index (χ3n) is 2.82. The molecule has 0 aromatic heterocycles. The number of hydrogen-bond acceptors (Lipinski definition) is 4. The molecule has 118 valence electrons. The van der Waals surface area contributed by atoms with E-state index in [1.54, 1.807) is 0 Å². The summed E-state index contributed by atoms with van der Waals surface area (Å²) >= 11 is 0. The van der Waals surface area contributed by atoms with E-state index in [4.69, 9.17) is 14.2 Å². The smallest absolute Gasteiger partial charge is 0.305 e. The quantitative estimate of drug-likeness (QED) is 0.687. The second-order valence-electron chi connectivity index (χ2n) is 4.99. The standard InChI is InChI=1S/C16H23FO4/c1-5-6-16(18)20-10-15(21-11(2)3)13-9-12(17)7-8-14(13)19-4/h7-9,11,15H,5-6,10H2,1-4H3/t15-/m0/s1. The van der Waals surface area contributed by atoms with Gasteiger partial charge in [-0.1, -0.05) is 6.92 Å². The summed E-state index contributed by atoms with van der Waals surface area (Å²) in [5.41, 5.74) is 0.537. The molecule has 0 saturated carbocycles. The maximum Gasteiger partial charge on any atom is 0.305 e. The second kappa shape index (κ2) is 8.62. The van der Waals surface area contributed by atoms with Crippen molar-refractivity contribution in [2.45, 2.75) is 45.8 Å². The fourth-order valence-electron chi connectivity index (χ4n) is 1.93. The van der Waals surface area contributed by atoms with Gasteiger partial charge in [-0.15, -0.1) is 0 Å². The molecule has 21 heavy (non-hydrogen) atoms. The average Bonchev–Trinajstić information content (AvgIpc) is 2.43. The minimum Gasteiger partial charge on any atom is -0.496 e. The molecule has 0 amide bonds. The van der Waals surface area contributed by atoms with E-state index in [1.807, 2.05) is 20.8 Å². The van der Waals surface area contributed by atoms with E-state index < -0.39 is 6.10 Å². The monoisotopic (exact) mass is 298 g/mol. The highest BCUT2D eigenvalue weighted by Gasteiger charge is 2.21. The normalized spacial score (nSPS) is 12.3. The Hall–Kier alpha value is -1.62. The molecule has 0 fully saturated rings. The van der Waals surface area contributed by atoms with Crippen molar-refractivity contribution in [3.63, 3.8) is 0 Å². The molecular weight excluding hydrogens is 275 g/mol. The lowest BCUT2D eigenvalue weighted by Crippen LogP contribution is -2.19. The van der Waals surface area contributed by atoms with Crippen LogP contribution in [0.15, 0.2) is 18.2 Å². The van der Waals surface area contributed by atoms with Gasteiger partial charge in [0.25, 0.3) is 0 Å². The van der Waals surface area contributed by atoms with E-state index in [0.29, 0.717) is 17.7 Å². The number of carbonyl (C=O) groups is 1.